The van der Waals surface area contributed by atoms with Crippen molar-refractivity contribution >= 4 is 39.1 Å². The number of nitrogens with one attached hydrogen (secondary N) is 1. The third kappa shape index (κ3) is 3.73. The molecule has 0 aliphatic heterocycles. The number of rotatable bonds is 4. The second-order valence-corrected chi connectivity index (χ2v) is 6.18. The molecule has 0 heterocycles. The summed E-state index contributed by atoms with van der Waals surface area (Å²) in [7, 11) is 1.84. The molecule has 20 heavy (non-hydrogen) atoms. The molecule has 2 aromatic carbocycles. The molecule has 0 aliphatic carbocycles. The van der Waals surface area contributed by atoms with E-state index >= 15 is 0 Å². The minimum absolute atomic E-state index is 0.0325. The summed E-state index contributed by atoms with van der Waals surface area (Å²) in [4.78, 5) is 0. The summed E-state index contributed by atoms with van der Waals surface area (Å²) < 4.78 is 14.2. The first-order chi connectivity index (χ1) is 9.51. The van der Waals surface area contributed by atoms with E-state index in [1.165, 1.54) is 12.1 Å². The molecule has 0 saturated carbocycles. The largest absolute Gasteiger partial charge is 0.313 e. The Bertz CT molecular complexity index is 619. The first-order valence-electron chi connectivity index (χ1n) is 6.07. The Morgan fingerprint density at radius 3 is 2.55 bits per heavy atom. The minimum atomic E-state index is -0.291. The topological polar surface area (TPSA) is 12.0 Å². The van der Waals surface area contributed by atoms with Gasteiger partial charge >= 0.3 is 0 Å². The first-order valence-corrected chi connectivity index (χ1v) is 7.62. The van der Waals surface area contributed by atoms with Crippen molar-refractivity contribution in [1.82, 2.24) is 5.32 Å². The highest BCUT2D eigenvalue weighted by atomic mass is 79.9. The van der Waals surface area contributed by atoms with Gasteiger partial charge in [0.2, 0.25) is 0 Å². The normalized spacial score (nSPS) is 12.4. The van der Waals surface area contributed by atoms with Gasteiger partial charge in [-0.25, -0.2) is 4.39 Å². The lowest BCUT2D eigenvalue weighted by molar-refractivity contribution is 0.584. The van der Waals surface area contributed by atoms with Crippen LogP contribution in [0.4, 0.5) is 4.39 Å². The van der Waals surface area contributed by atoms with Gasteiger partial charge in [0.25, 0.3) is 0 Å². The van der Waals surface area contributed by atoms with E-state index in [2.05, 4.69) is 21.2 Å². The van der Waals surface area contributed by atoms with Crippen LogP contribution >= 0.6 is 39.1 Å². The number of hydrogen-bond donors (Lipinski definition) is 1. The van der Waals surface area contributed by atoms with Gasteiger partial charge < -0.3 is 5.32 Å². The number of benzene rings is 2. The zero-order chi connectivity index (χ0) is 14.7. The van der Waals surface area contributed by atoms with Gasteiger partial charge in [-0.1, -0.05) is 45.2 Å². The second kappa shape index (κ2) is 6.90. The number of likely N-dealkylation sites (N-methyl/N-ethyl adjacent to an activating group) is 1. The summed E-state index contributed by atoms with van der Waals surface area (Å²) in [5.41, 5.74) is 1.71. The minimum Gasteiger partial charge on any atom is -0.313 e. The molecule has 2 aromatic rings. The highest BCUT2D eigenvalue weighted by Crippen LogP contribution is 2.30. The monoisotopic (exact) mass is 375 g/mol. The van der Waals surface area contributed by atoms with Gasteiger partial charge in [-0.2, -0.15) is 0 Å². The zero-order valence-electron chi connectivity index (χ0n) is 10.8. The van der Waals surface area contributed by atoms with Crippen molar-refractivity contribution < 1.29 is 4.39 Å². The fraction of sp³-hybridized carbons (Fsp3) is 0.200. The van der Waals surface area contributed by atoms with Crippen LogP contribution < -0.4 is 5.32 Å². The average Bonchev–Trinajstić information content (AvgIpc) is 2.40. The molecular formula is C15H13BrCl2FN. The summed E-state index contributed by atoms with van der Waals surface area (Å²) in [5, 5.41) is 4.41. The maximum Gasteiger partial charge on any atom is 0.123 e. The van der Waals surface area contributed by atoms with Crippen LogP contribution in [0.3, 0.4) is 0 Å². The zero-order valence-corrected chi connectivity index (χ0v) is 13.9. The third-order valence-corrected chi connectivity index (χ3v) is 4.31. The Morgan fingerprint density at radius 2 is 1.90 bits per heavy atom. The smallest absolute Gasteiger partial charge is 0.123 e. The van der Waals surface area contributed by atoms with Crippen molar-refractivity contribution in [3.63, 3.8) is 0 Å². The predicted molar refractivity (Wildman–Crippen MR) is 86.1 cm³/mol. The molecule has 0 saturated heterocycles. The Labute approximate surface area is 136 Å². The van der Waals surface area contributed by atoms with Crippen molar-refractivity contribution in [2.24, 2.45) is 0 Å². The Morgan fingerprint density at radius 1 is 1.15 bits per heavy atom. The molecule has 0 radical (unpaired) electrons. The first kappa shape index (κ1) is 15.8. The Kier molecular flexibility index (Phi) is 5.44. The van der Waals surface area contributed by atoms with Crippen molar-refractivity contribution in [1.29, 1.82) is 0 Å². The maximum absolute atomic E-state index is 13.3. The molecule has 2 rings (SSSR count). The van der Waals surface area contributed by atoms with E-state index in [0.29, 0.717) is 16.5 Å². The molecular weight excluding hydrogens is 364 g/mol. The fourth-order valence-electron chi connectivity index (χ4n) is 2.07. The van der Waals surface area contributed by atoms with Gasteiger partial charge in [0, 0.05) is 20.6 Å². The SMILES string of the molecule is CNC(Cc1cc(F)ccc1Cl)c1ccc(Br)cc1Cl. The molecule has 0 aromatic heterocycles. The van der Waals surface area contributed by atoms with E-state index in [9.17, 15) is 4.39 Å². The highest BCUT2D eigenvalue weighted by molar-refractivity contribution is 9.10. The van der Waals surface area contributed by atoms with Crippen molar-refractivity contribution in [2.45, 2.75) is 12.5 Å². The van der Waals surface area contributed by atoms with Crippen LogP contribution in [-0.2, 0) is 6.42 Å². The van der Waals surface area contributed by atoms with Crippen molar-refractivity contribution in [2.75, 3.05) is 7.05 Å². The van der Waals surface area contributed by atoms with E-state index in [1.54, 1.807) is 6.07 Å². The lowest BCUT2D eigenvalue weighted by Gasteiger charge is -2.19. The Balaban J connectivity index is 2.31. The second-order valence-electron chi connectivity index (χ2n) is 4.45. The van der Waals surface area contributed by atoms with Crippen LogP contribution in [0.1, 0.15) is 17.2 Å². The molecule has 0 aliphatic rings. The molecule has 1 unspecified atom stereocenters. The molecule has 0 fully saturated rings. The molecule has 1 atom stereocenters. The van der Waals surface area contributed by atoms with E-state index in [4.69, 9.17) is 23.2 Å². The van der Waals surface area contributed by atoms with Crippen molar-refractivity contribution in [3.05, 3.63) is 67.9 Å². The third-order valence-electron chi connectivity index (χ3n) is 3.12. The maximum atomic E-state index is 13.3. The Hall–Kier alpha value is -0.610. The van der Waals surface area contributed by atoms with Gasteiger partial charge in [0.15, 0.2) is 0 Å². The van der Waals surface area contributed by atoms with Gasteiger partial charge in [0.1, 0.15) is 5.82 Å². The number of hydrogen-bond acceptors (Lipinski definition) is 1. The van der Waals surface area contributed by atoms with E-state index in [-0.39, 0.29) is 11.9 Å². The summed E-state index contributed by atoms with van der Waals surface area (Å²) in [6, 6.07) is 10.1. The van der Waals surface area contributed by atoms with Crippen LogP contribution in [0, 0.1) is 5.82 Å². The lowest BCUT2D eigenvalue weighted by Crippen LogP contribution is -2.19. The lowest BCUT2D eigenvalue weighted by atomic mass is 9.99. The van der Waals surface area contributed by atoms with Crippen LogP contribution in [0.2, 0.25) is 10.0 Å². The van der Waals surface area contributed by atoms with Crippen molar-refractivity contribution in [3.8, 4) is 0 Å². The molecule has 0 spiro atoms. The fourth-order valence-corrected chi connectivity index (χ4v) is 3.07. The molecule has 0 bridgehead atoms. The van der Waals surface area contributed by atoms with Crippen LogP contribution in [0.5, 0.6) is 0 Å². The standard InChI is InChI=1S/C15H13BrCl2FN/c1-20-15(12-4-2-10(16)8-14(12)18)7-9-6-11(19)3-5-13(9)17/h2-6,8,15,20H,7H2,1H3. The number of halogens is 4. The summed E-state index contributed by atoms with van der Waals surface area (Å²) in [6.07, 6.45) is 0.564. The van der Waals surface area contributed by atoms with E-state index in [0.717, 1.165) is 15.6 Å². The quantitative estimate of drug-likeness (QED) is 0.753. The molecule has 106 valence electrons. The van der Waals surface area contributed by atoms with Gasteiger partial charge in [0.05, 0.1) is 0 Å². The summed E-state index contributed by atoms with van der Waals surface area (Å²) >= 11 is 15.8. The van der Waals surface area contributed by atoms with Crippen LogP contribution in [-0.4, -0.2) is 7.05 Å². The van der Waals surface area contributed by atoms with Gasteiger partial charge in [-0.15, -0.1) is 0 Å². The predicted octanol–water partition coefficient (Wildman–Crippen LogP) is 5.40. The molecule has 0 amide bonds. The van der Waals surface area contributed by atoms with E-state index < -0.39 is 0 Å². The van der Waals surface area contributed by atoms with Crippen LogP contribution in [0.15, 0.2) is 40.9 Å². The van der Waals surface area contributed by atoms with E-state index in [1.807, 2.05) is 25.2 Å². The molecule has 5 heteroatoms. The van der Waals surface area contributed by atoms with Crippen LogP contribution in [0.25, 0.3) is 0 Å². The van der Waals surface area contributed by atoms with Gasteiger partial charge in [-0.3, -0.25) is 0 Å². The van der Waals surface area contributed by atoms with Gasteiger partial charge in [-0.05, 0) is 54.9 Å². The summed E-state index contributed by atoms with van der Waals surface area (Å²) in [5.74, 6) is -0.291. The average molecular weight is 377 g/mol. The highest BCUT2D eigenvalue weighted by Gasteiger charge is 2.15. The molecule has 1 nitrogen and oxygen atoms in total. The molecule has 1 N–H and O–H groups in total. The summed E-state index contributed by atoms with van der Waals surface area (Å²) in [6.45, 7) is 0.